The molecule has 0 atom stereocenters. The number of allylic oxidation sites excluding steroid dienone is 1. The molecule has 256 valence electrons. The van der Waals surface area contributed by atoms with E-state index in [1.807, 2.05) is 71.7 Å². The highest BCUT2D eigenvalue weighted by Crippen LogP contribution is 2.35. The molecule has 0 bridgehead atoms. The van der Waals surface area contributed by atoms with Gasteiger partial charge in [-0.1, -0.05) is 25.5 Å². The first-order valence-electron chi connectivity index (χ1n) is 15.8. The van der Waals surface area contributed by atoms with Crippen molar-refractivity contribution in [2.24, 2.45) is 0 Å². The summed E-state index contributed by atoms with van der Waals surface area (Å²) in [6.45, 7) is 9.47. The Morgan fingerprint density at radius 3 is 2.59 bits per heavy atom. The quantitative estimate of drug-likeness (QED) is 0.156. The zero-order valence-corrected chi connectivity index (χ0v) is 28.2. The molecule has 8 nitrogen and oxygen atoms in total. The van der Waals surface area contributed by atoms with Gasteiger partial charge in [0.05, 0.1) is 23.0 Å². The van der Waals surface area contributed by atoms with Gasteiger partial charge in [0.15, 0.2) is 5.65 Å². The average Bonchev–Trinajstić information content (AvgIpc) is 3.46. The topological polar surface area (TPSA) is 68.2 Å². The third kappa shape index (κ3) is 8.24. The number of aryl methyl sites for hydroxylation is 1. The minimum absolute atomic E-state index is 0.0716. The van der Waals surface area contributed by atoms with E-state index < -0.39 is 23.5 Å². The molecule has 1 aliphatic heterocycles. The van der Waals surface area contributed by atoms with Crippen molar-refractivity contribution in [2.75, 3.05) is 51.4 Å². The number of alkyl halides is 3. The largest absolute Gasteiger partial charge is 0.416 e. The van der Waals surface area contributed by atoms with Crippen LogP contribution in [0.1, 0.15) is 51.7 Å². The molecule has 1 fully saturated rings. The monoisotopic (exact) mass is 673 g/mol. The molecular formula is C37H39F4N7O. The molecule has 0 aliphatic carbocycles. The number of likely N-dealkylation sites (N-methyl/N-ethyl adjacent to an activating group) is 1. The van der Waals surface area contributed by atoms with Crippen LogP contribution in [0.5, 0.6) is 0 Å². The Bertz CT molecular complexity index is 1980. The Morgan fingerprint density at radius 2 is 1.90 bits per heavy atom. The van der Waals surface area contributed by atoms with Crippen LogP contribution in [-0.4, -0.2) is 70.8 Å². The van der Waals surface area contributed by atoms with Gasteiger partial charge >= 0.3 is 6.18 Å². The number of nitrogens with one attached hydrogen (secondary N) is 2. The van der Waals surface area contributed by atoms with Crippen molar-refractivity contribution in [3.8, 4) is 11.8 Å². The van der Waals surface area contributed by atoms with Gasteiger partial charge in [0.2, 0.25) is 0 Å². The molecule has 4 aromatic rings. The number of nitrogens with zero attached hydrogens (tertiary/aromatic N) is 5. The number of hydrogen-bond acceptors (Lipinski definition) is 6. The van der Waals surface area contributed by atoms with Crippen LogP contribution in [-0.2, 0) is 12.7 Å². The first-order chi connectivity index (χ1) is 23.2. The number of hydrogen-bond donors (Lipinski definition) is 2. The van der Waals surface area contributed by atoms with E-state index in [0.29, 0.717) is 42.1 Å². The van der Waals surface area contributed by atoms with Gasteiger partial charge in [-0.2, -0.15) is 13.2 Å². The van der Waals surface area contributed by atoms with Gasteiger partial charge in [-0.05, 0) is 66.8 Å². The fourth-order valence-electron chi connectivity index (χ4n) is 5.55. The average molecular weight is 674 g/mol. The van der Waals surface area contributed by atoms with Crippen molar-refractivity contribution in [1.82, 2.24) is 24.1 Å². The number of carbonyl (C=O) groups excluding carboxylic acids is 1. The fraction of sp³-hybridized carbons (Fsp3) is 0.297. The summed E-state index contributed by atoms with van der Waals surface area (Å²) in [5.41, 5.74) is 3.53. The maximum absolute atomic E-state index is 15.1. The standard InChI is InChI=1S/C37H39F4N7O/c1-7-28(23-45(4)5)43-34-9-8-14-48-30(20-42-35(34)48)13-11-26-18-31(33(38)17-24(26)2)36(49)44-29-12-10-27(32(19-29)37(39,40)41)22-47-16-15-46(6)25(3)21-47/h8-10,12,14,17-20,23,43H,3,7,15-16,21-22H2,1-2,4-6H3,(H,44,49)/b28-23+. The van der Waals surface area contributed by atoms with Crippen LogP contribution in [0.4, 0.5) is 28.9 Å². The summed E-state index contributed by atoms with van der Waals surface area (Å²) in [4.78, 5) is 23.6. The Kier molecular flexibility index (Phi) is 10.3. The summed E-state index contributed by atoms with van der Waals surface area (Å²) in [6, 6.07) is 9.92. The lowest BCUT2D eigenvalue weighted by molar-refractivity contribution is -0.138. The number of piperazine rings is 1. The Morgan fingerprint density at radius 1 is 1.12 bits per heavy atom. The van der Waals surface area contributed by atoms with Gasteiger partial charge in [0.1, 0.15) is 11.5 Å². The molecular weight excluding hydrogens is 634 g/mol. The molecule has 2 aromatic carbocycles. The van der Waals surface area contributed by atoms with Gasteiger partial charge < -0.3 is 20.4 Å². The number of rotatable bonds is 8. The van der Waals surface area contributed by atoms with E-state index in [9.17, 15) is 18.0 Å². The highest BCUT2D eigenvalue weighted by molar-refractivity contribution is 6.04. The van der Waals surface area contributed by atoms with Gasteiger partial charge in [0.25, 0.3) is 5.91 Å². The van der Waals surface area contributed by atoms with Crippen LogP contribution in [0.2, 0.25) is 0 Å². The SMILES string of the molecule is C=C1CN(Cc2ccc(NC(=O)c3cc(C#Cc4cnc5c(N/C(=C/N(C)C)CC)cccn45)c(C)cc3F)cc2C(F)(F)F)CCN1C. The minimum atomic E-state index is -4.66. The molecule has 1 aliphatic rings. The Labute approximate surface area is 283 Å². The number of carbonyl (C=O) groups is 1. The lowest BCUT2D eigenvalue weighted by Gasteiger charge is -2.35. The van der Waals surface area contributed by atoms with E-state index in [-0.39, 0.29) is 23.4 Å². The number of imidazole rings is 1. The highest BCUT2D eigenvalue weighted by atomic mass is 19.4. The lowest BCUT2D eigenvalue weighted by atomic mass is 10.0. The predicted molar refractivity (Wildman–Crippen MR) is 184 cm³/mol. The second-order valence-electron chi connectivity index (χ2n) is 12.3. The second kappa shape index (κ2) is 14.5. The van der Waals surface area contributed by atoms with Crippen LogP contribution in [0.3, 0.4) is 0 Å². The first kappa shape index (κ1) is 35.0. The third-order valence-electron chi connectivity index (χ3n) is 8.27. The van der Waals surface area contributed by atoms with Crippen LogP contribution in [0.15, 0.2) is 79.0 Å². The van der Waals surface area contributed by atoms with Crippen molar-refractivity contribution in [3.05, 3.63) is 118 Å². The molecule has 3 heterocycles. The molecule has 0 unspecified atom stereocenters. The fourth-order valence-corrected chi connectivity index (χ4v) is 5.55. The molecule has 12 heteroatoms. The number of halogens is 4. The van der Waals surface area contributed by atoms with Gasteiger partial charge in [0, 0.05) is 82.4 Å². The molecule has 0 spiro atoms. The van der Waals surface area contributed by atoms with Gasteiger partial charge in [-0.15, -0.1) is 0 Å². The molecule has 5 rings (SSSR count). The number of amides is 1. The van der Waals surface area contributed by atoms with Gasteiger partial charge in [-0.25, -0.2) is 9.37 Å². The zero-order valence-electron chi connectivity index (χ0n) is 28.2. The third-order valence-corrected chi connectivity index (χ3v) is 8.27. The Hall–Kier alpha value is -5.28. The smallest absolute Gasteiger partial charge is 0.382 e. The van der Waals surface area contributed by atoms with Crippen molar-refractivity contribution in [3.63, 3.8) is 0 Å². The first-order valence-corrected chi connectivity index (χ1v) is 15.8. The number of aromatic nitrogens is 2. The number of anilines is 2. The van der Waals surface area contributed by atoms with E-state index in [2.05, 4.69) is 34.0 Å². The number of benzene rings is 2. The summed E-state index contributed by atoms with van der Waals surface area (Å²) < 4.78 is 59.3. The van der Waals surface area contributed by atoms with Crippen LogP contribution in [0, 0.1) is 24.6 Å². The minimum Gasteiger partial charge on any atom is -0.382 e. The Balaban J connectivity index is 1.38. The summed E-state index contributed by atoms with van der Waals surface area (Å²) in [5, 5.41) is 5.86. The molecule has 2 aromatic heterocycles. The van der Waals surface area contributed by atoms with Crippen molar-refractivity contribution in [1.29, 1.82) is 0 Å². The lowest BCUT2D eigenvalue weighted by Crippen LogP contribution is -2.42. The molecule has 0 saturated carbocycles. The predicted octanol–water partition coefficient (Wildman–Crippen LogP) is 6.94. The van der Waals surface area contributed by atoms with E-state index in [1.165, 1.54) is 24.3 Å². The second-order valence-corrected chi connectivity index (χ2v) is 12.3. The number of pyridine rings is 1. The molecule has 2 N–H and O–H groups in total. The summed E-state index contributed by atoms with van der Waals surface area (Å²) in [5.74, 6) is 4.38. The highest BCUT2D eigenvalue weighted by Gasteiger charge is 2.34. The summed E-state index contributed by atoms with van der Waals surface area (Å²) in [7, 11) is 5.79. The molecule has 1 amide bonds. The van der Waals surface area contributed by atoms with Crippen LogP contribution in [0.25, 0.3) is 5.65 Å². The van der Waals surface area contributed by atoms with E-state index >= 15 is 4.39 Å². The van der Waals surface area contributed by atoms with Gasteiger partial charge in [-0.3, -0.25) is 14.1 Å². The molecule has 49 heavy (non-hydrogen) atoms. The zero-order chi connectivity index (χ0) is 35.5. The van der Waals surface area contributed by atoms with E-state index in [0.717, 1.165) is 29.6 Å². The van der Waals surface area contributed by atoms with E-state index in [1.54, 1.807) is 13.1 Å². The van der Waals surface area contributed by atoms with Crippen LogP contribution >= 0.6 is 0 Å². The van der Waals surface area contributed by atoms with Crippen molar-refractivity contribution < 1.29 is 22.4 Å². The normalized spacial score (nSPS) is 14.1. The molecule has 1 saturated heterocycles. The van der Waals surface area contributed by atoms with Crippen molar-refractivity contribution in [2.45, 2.75) is 33.0 Å². The summed E-state index contributed by atoms with van der Waals surface area (Å²) >= 11 is 0. The van der Waals surface area contributed by atoms with Crippen LogP contribution < -0.4 is 10.6 Å². The maximum atomic E-state index is 15.1. The summed E-state index contributed by atoms with van der Waals surface area (Å²) in [6.07, 6.45) is 1.58. The molecule has 0 radical (unpaired) electrons. The maximum Gasteiger partial charge on any atom is 0.416 e. The number of fused-ring (bicyclic) bond motifs is 1. The van der Waals surface area contributed by atoms with E-state index in [4.69, 9.17) is 0 Å². The van der Waals surface area contributed by atoms with Crippen molar-refractivity contribution >= 4 is 22.9 Å².